The highest BCUT2D eigenvalue weighted by molar-refractivity contribution is 8.18. The number of imide groups is 1. The lowest BCUT2D eigenvalue weighted by atomic mass is 10.2. The van der Waals surface area contributed by atoms with Gasteiger partial charge in [0, 0.05) is 5.02 Å². The highest BCUT2D eigenvalue weighted by Crippen LogP contribution is 2.24. The Morgan fingerprint density at radius 2 is 1.63 bits per heavy atom. The van der Waals surface area contributed by atoms with Gasteiger partial charge in [-0.2, -0.15) is 0 Å². The van der Waals surface area contributed by atoms with Gasteiger partial charge in [-0.05, 0) is 66.6 Å². The molecule has 5 nitrogen and oxygen atoms in total. The predicted octanol–water partition coefficient (Wildman–Crippen LogP) is 4.94. The number of rotatable bonds is 8. The minimum atomic E-state index is -0.319. The van der Waals surface area contributed by atoms with E-state index in [0.29, 0.717) is 29.6 Å². The van der Waals surface area contributed by atoms with Crippen molar-refractivity contribution in [3.63, 3.8) is 0 Å². The fourth-order valence-electron chi connectivity index (χ4n) is 2.35. The first-order valence-corrected chi connectivity index (χ1v) is 9.63. The first-order chi connectivity index (χ1) is 13.1. The number of unbranched alkanes of at least 4 members (excludes halogenated alkanes) is 1. The van der Waals surface area contributed by atoms with Gasteiger partial charge in [-0.1, -0.05) is 29.8 Å². The van der Waals surface area contributed by atoms with Gasteiger partial charge in [-0.15, -0.1) is 0 Å². The van der Waals surface area contributed by atoms with E-state index in [1.807, 2.05) is 48.5 Å². The Hall–Kier alpha value is -2.44. The van der Waals surface area contributed by atoms with Crippen LogP contribution in [0.15, 0.2) is 59.5 Å². The number of thioether (sulfide) groups is 1. The van der Waals surface area contributed by atoms with Crippen molar-refractivity contribution in [2.45, 2.75) is 19.4 Å². The molecule has 0 aliphatic carbocycles. The Bertz CT molecular complexity index is 834. The fraction of sp³-hybridized carbons (Fsp3) is 0.200. The highest BCUT2D eigenvalue weighted by Gasteiger charge is 2.24. The third-order valence-corrected chi connectivity index (χ3v) is 4.84. The van der Waals surface area contributed by atoms with Crippen molar-refractivity contribution < 1.29 is 19.1 Å². The molecule has 3 rings (SSSR count). The molecule has 1 aliphatic heterocycles. The van der Waals surface area contributed by atoms with Gasteiger partial charge in [0.2, 0.25) is 0 Å². The second kappa shape index (κ2) is 9.48. The van der Waals surface area contributed by atoms with Crippen LogP contribution in [-0.2, 0) is 11.4 Å². The quantitative estimate of drug-likeness (QED) is 0.499. The lowest BCUT2D eigenvalue weighted by molar-refractivity contribution is -0.115. The second-order valence-electron chi connectivity index (χ2n) is 5.79. The van der Waals surface area contributed by atoms with E-state index in [4.69, 9.17) is 21.1 Å². The molecule has 0 unspecified atom stereocenters. The van der Waals surface area contributed by atoms with Crippen molar-refractivity contribution in [1.29, 1.82) is 0 Å². The van der Waals surface area contributed by atoms with Gasteiger partial charge >= 0.3 is 0 Å². The Labute approximate surface area is 166 Å². The molecule has 0 spiro atoms. The summed E-state index contributed by atoms with van der Waals surface area (Å²) in [5, 5.41) is 2.62. The molecular weight excluding hydrogens is 386 g/mol. The van der Waals surface area contributed by atoms with Gasteiger partial charge in [0.05, 0.1) is 11.5 Å². The molecule has 140 valence electrons. The molecule has 1 heterocycles. The van der Waals surface area contributed by atoms with E-state index in [9.17, 15) is 9.59 Å². The summed E-state index contributed by atoms with van der Waals surface area (Å²) in [5.41, 5.74) is 1.05. The highest BCUT2D eigenvalue weighted by atomic mass is 35.5. The Balaban J connectivity index is 1.37. The number of hydrogen-bond donors (Lipinski definition) is 1. The normalized spacial score (nSPS) is 15.1. The maximum absolute atomic E-state index is 11.4. The number of benzene rings is 2. The van der Waals surface area contributed by atoms with Crippen LogP contribution in [0.3, 0.4) is 0 Å². The molecule has 1 aliphatic rings. The van der Waals surface area contributed by atoms with Crippen molar-refractivity contribution in [1.82, 2.24) is 5.32 Å². The summed E-state index contributed by atoms with van der Waals surface area (Å²) < 4.78 is 11.4. The molecule has 1 saturated heterocycles. The fourth-order valence-corrected chi connectivity index (χ4v) is 3.16. The molecule has 0 saturated carbocycles. The summed E-state index contributed by atoms with van der Waals surface area (Å²) in [4.78, 5) is 22.9. The van der Waals surface area contributed by atoms with Crippen LogP contribution in [0.2, 0.25) is 5.02 Å². The lowest BCUT2D eigenvalue weighted by Crippen LogP contribution is -2.17. The third kappa shape index (κ3) is 6.05. The number of hydrogen-bond acceptors (Lipinski definition) is 5. The van der Waals surface area contributed by atoms with Crippen LogP contribution in [0, 0.1) is 0 Å². The molecule has 2 aromatic rings. The zero-order chi connectivity index (χ0) is 19.1. The van der Waals surface area contributed by atoms with Gasteiger partial charge in [0.15, 0.2) is 0 Å². The molecule has 0 radical (unpaired) electrons. The minimum absolute atomic E-state index is 0.319. The first kappa shape index (κ1) is 19.3. The molecule has 2 aromatic carbocycles. The lowest BCUT2D eigenvalue weighted by Gasteiger charge is -2.09. The predicted molar refractivity (Wildman–Crippen MR) is 106 cm³/mol. The number of halogens is 1. The number of carbonyl (C=O) groups is 2. The van der Waals surface area contributed by atoms with Crippen LogP contribution in [0.1, 0.15) is 18.4 Å². The Morgan fingerprint density at radius 1 is 0.963 bits per heavy atom. The molecule has 2 amide bonds. The number of carbonyl (C=O) groups excluding carboxylic acids is 2. The summed E-state index contributed by atoms with van der Waals surface area (Å²) in [5.74, 6) is 1.20. The molecule has 0 aromatic heterocycles. The summed E-state index contributed by atoms with van der Waals surface area (Å²) in [7, 11) is 0. The third-order valence-electron chi connectivity index (χ3n) is 3.73. The second-order valence-corrected chi connectivity index (χ2v) is 7.24. The van der Waals surface area contributed by atoms with Crippen LogP contribution >= 0.6 is 23.4 Å². The van der Waals surface area contributed by atoms with Gasteiger partial charge in [0.25, 0.3) is 11.1 Å². The van der Waals surface area contributed by atoms with Gasteiger partial charge in [0.1, 0.15) is 18.1 Å². The van der Waals surface area contributed by atoms with E-state index in [-0.39, 0.29) is 11.1 Å². The average Bonchev–Trinajstić information content (AvgIpc) is 2.99. The van der Waals surface area contributed by atoms with Crippen LogP contribution in [-0.4, -0.2) is 17.8 Å². The number of nitrogens with one attached hydrogen (secondary N) is 1. The minimum Gasteiger partial charge on any atom is -0.494 e. The summed E-state index contributed by atoms with van der Waals surface area (Å²) >= 11 is 6.80. The Morgan fingerprint density at radius 3 is 2.26 bits per heavy atom. The molecule has 0 bridgehead atoms. The molecule has 1 N–H and O–H groups in total. The van der Waals surface area contributed by atoms with Gasteiger partial charge < -0.3 is 9.47 Å². The topological polar surface area (TPSA) is 64.6 Å². The van der Waals surface area contributed by atoms with Crippen molar-refractivity contribution in [3.05, 3.63) is 70.1 Å². The van der Waals surface area contributed by atoms with Crippen molar-refractivity contribution in [2.75, 3.05) is 6.61 Å². The van der Waals surface area contributed by atoms with E-state index in [1.54, 1.807) is 6.08 Å². The van der Waals surface area contributed by atoms with E-state index in [0.717, 1.165) is 35.2 Å². The standard InChI is InChI=1S/C20H18ClNO4S/c21-15-6-4-14(5-7-15)13-26-17-10-8-16(9-11-17)25-12-2-1-3-18-19(23)22-20(24)27-18/h3-11H,1-2,12-13H2,(H,22,23,24). The molecule has 7 heteroatoms. The van der Waals surface area contributed by atoms with Crippen LogP contribution < -0.4 is 14.8 Å². The summed E-state index contributed by atoms with van der Waals surface area (Å²) in [6.45, 7) is 0.995. The maximum atomic E-state index is 11.4. The number of amides is 2. The van der Waals surface area contributed by atoms with Crippen molar-refractivity contribution in [3.8, 4) is 11.5 Å². The molecule has 27 heavy (non-hydrogen) atoms. The maximum Gasteiger partial charge on any atom is 0.290 e. The molecular formula is C20H18ClNO4S. The van der Waals surface area contributed by atoms with E-state index < -0.39 is 0 Å². The molecule has 0 atom stereocenters. The zero-order valence-corrected chi connectivity index (χ0v) is 16.0. The number of ether oxygens (including phenoxy) is 2. The van der Waals surface area contributed by atoms with E-state index >= 15 is 0 Å². The number of allylic oxidation sites excluding steroid dienone is 1. The Kier molecular flexibility index (Phi) is 6.79. The van der Waals surface area contributed by atoms with Crippen molar-refractivity contribution >= 4 is 34.5 Å². The largest absolute Gasteiger partial charge is 0.494 e. The van der Waals surface area contributed by atoms with E-state index in [2.05, 4.69) is 5.32 Å². The SMILES string of the molecule is O=C1NC(=O)C(=CCCCOc2ccc(OCc3ccc(Cl)cc3)cc2)S1. The first-order valence-electron chi connectivity index (χ1n) is 8.43. The molecule has 1 fully saturated rings. The van der Waals surface area contributed by atoms with Crippen LogP contribution in [0.25, 0.3) is 0 Å². The average molecular weight is 404 g/mol. The van der Waals surface area contributed by atoms with Gasteiger partial charge in [-0.3, -0.25) is 14.9 Å². The van der Waals surface area contributed by atoms with Crippen LogP contribution in [0.5, 0.6) is 11.5 Å². The van der Waals surface area contributed by atoms with Gasteiger partial charge in [-0.25, -0.2) is 0 Å². The van der Waals surface area contributed by atoms with E-state index in [1.165, 1.54) is 0 Å². The zero-order valence-electron chi connectivity index (χ0n) is 14.4. The van der Waals surface area contributed by atoms with Crippen molar-refractivity contribution in [2.24, 2.45) is 0 Å². The summed E-state index contributed by atoms with van der Waals surface area (Å²) in [6.07, 6.45) is 3.19. The van der Waals surface area contributed by atoms with Crippen LogP contribution in [0.4, 0.5) is 4.79 Å². The smallest absolute Gasteiger partial charge is 0.290 e. The summed E-state index contributed by atoms with van der Waals surface area (Å²) in [6, 6.07) is 15.0. The monoisotopic (exact) mass is 403 g/mol.